The Morgan fingerprint density at radius 2 is 1.05 bits per heavy atom. The van der Waals surface area contributed by atoms with E-state index in [0.29, 0.717) is 19.7 Å². The van der Waals surface area contributed by atoms with E-state index in [1.54, 1.807) is 0 Å². The Morgan fingerprint density at radius 3 is 1.57 bits per heavy atom. The molecule has 0 spiro atoms. The van der Waals surface area contributed by atoms with E-state index in [9.17, 15) is 9.59 Å². The molecule has 0 fully saturated rings. The number of nitrogens with one attached hydrogen (secondary N) is 2. The predicted molar refractivity (Wildman–Crippen MR) is 163 cm³/mol. The highest BCUT2D eigenvalue weighted by Crippen LogP contribution is 2.17. The second-order valence-electron chi connectivity index (χ2n) is 10.7. The van der Waals surface area contributed by atoms with Crippen molar-refractivity contribution in [3.8, 4) is 0 Å². The highest BCUT2D eigenvalue weighted by Gasteiger charge is 2.14. The number of amides is 2. The molecular formula is C34H52N2O4. The molecule has 1 atom stereocenters. The lowest BCUT2D eigenvalue weighted by Crippen LogP contribution is -2.28. The summed E-state index contributed by atoms with van der Waals surface area (Å²) in [6.07, 6.45) is 16.5. The summed E-state index contributed by atoms with van der Waals surface area (Å²) in [6, 6.07) is 19.8. The molecule has 222 valence electrons. The maximum Gasteiger partial charge on any atom is 0.407 e. The highest BCUT2D eigenvalue weighted by atomic mass is 16.6. The molecule has 2 amide bonds. The smallest absolute Gasteiger partial charge is 0.407 e. The fraction of sp³-hybridized carbons (Fsp3) is 0.588. The monoisotopic (exact) mass is 552 g/mol. The van der Waals surface area contributed by atoms with Crippen molar-refractivity contribution in [2.45, 2.75) is 122 Å². The first kappa shape index (κ1) is 33.2. The Labute approximate surface area is 242 Å². The van der Waals surface area contributed by atoms with Gasteiger partial charge in [-0.1, -0.05) is 132 Å². The van der Waals surface area contributed by atoms with E-state index < -0.39 is 0 Å². The van der Waals surface area contributed by atoms with Gasteiger partial charge in [-0.05, 0) is 43.2 Å². The van der Waals surface area contributed by atoms with Gasteiger partial charge in [-0.25, -0.2) is 9.59 Å². The van der Waals surface area contributed by atoms with Crippen molar-refractivity contribution in [3.05, 3.63) is 71.8 Å². The number of alkyl carbamates (subject to hydrolysis) is 2. The standard InChI is InChI=1S/C34H52N2O4/c1-2-3-4-18-25-32(40-34(38)36-29-31-23-16-13-17-24-31)26-19-10-8-6-5-7-9-11-20-27-39-33(37)35-28-30-21-14-12-15-22-30/h12-17,21-24,32H,2-11,18-20,25-29H2,1H3,(H,35,37)(H,36,38). The number of hydrogen-bond acceptors (Lipinski definition) is 4. The summed E-state index contributed by atoms with van der Waals surface area (Å²) in [5, 5.41) is 5.69. The summed E-state index contributed by atoms with van der Waals surface area (Å²) < 4.78 is 11.1. The van der Waals surface area contributed by atoms with Gasteiger partial charge in [0.2, 0.25) is 0 Å². The van der Waals surface area contributed by atoms with Crippen LogP contribution in [-0.2, 0) is 22.6 Å². The van der Waals surface area contributed by atoms with Crippen LogP contribution >= 0.6 is 0 Å². The summed E-state index contributed by atoms with van der Waals surface area (Å²) in [5.74, 6) is 0. The SMILES string of the molecule is CCCCCCC(CCCCCCCCCCCOC(=O)NCc1ccccc1)OC(=O)NCc1ccccc1. The van der Waals surface area contributed by atoms with E-state index in [-0.39, 0.29) is 18.3 Å². The third kappa shape index (κ3) is 17.5. The van der Waals surface area contributed by atoms with Crippen LogP contribution < -0.4 is 10.6 Å². The molecule has 0 saturated carbocycles. The maximum atomic E-state index is 12.4. The number of hydrogen-bond donors (Lipinski definition) is 2. The van der Waals surface area contributed by atoms with Crippen molar-refractivity contribution in [2.75, 3.05) is 6.61 Å². The van der Waals surface area contributed by atoms with Gasteiger partial charge in [-0.15, -0.1) is 0 Å². The third-order valence-corrected chi connectivity index (χ3v) is 7.12. The Morgan fingerprint density at radius 1 is 0.600 bits per heavy atom. The molecule has 6 nitrogen and oxygen atoms in total. The first-order valence-electron chi connectivity index (χ1n) is 15.6. The number of ether oxygens (including phenoxy) is 2. The largest absolute Gasteiger partial charge is 0.450 e. The van der Waals surface area contributed by atoms with Crippen LogP contribution in [0.4, 0.5) is 9.59 Å². The van der Waals surface area contributed by atoms with Gasteiger partial charge in [0, 0.05) is 13.1 Å². The zero-order chi connectivity index (χ0) is 28.5. The molecule has 0 aliphatic rings. The van der Waals surface area contributed by atoms with Gasteiger partial charge in [-0.3, -0.25) is 0 Å². The lowest BCUT2D eigenvalue weighted by molar-refractivity contribution is 0.0837. The molecule has 0 radical (unpaired) electrons. The second kappa shape index (κ2) is 22.8. The number of rotatable bonds is 22. The van der Waals surface area contributed by atoms with Crippen LogP contribution in [0.3, 0.4) is 0 Å². The first-order valence-corrected chi connectivity index (χ1v) is 15.6. The van der Waals surface area contributed by atoms with Crippen LogP contribution in [0.1, 0.15) is 114 Å². The van der Waals surface area contributed by atoms with Crippen LogP contribution in [0.25, 0.3) is 0 Å². The fourth-order valence-electron chi connectivity index (χ4n) is 4.72. The molecule has 0 aromatic heterocycles. The van der Waals surface area contributed by atoms with Crippen molar-refractivity contribution in [3.63, 3.8) is 0 Å². The zero-order valence-corrected chi connectivity index (χ0v) is 24.7. The molecule has 0 aliphatic carbocycles. The summed E-state index contributed by atoms with van der Waals surface area (Å²) in [7, 11) is 0. The minimum absolute atomic E-state index is 0.00951. The van der Waals surface area contributed by atoms with Gasteiger partial charge in [-0.2, -0.15) is 0 Å². The summed E-state index contributed by atoms with van der Waals surface area (Å²) >= 11 is 0. The second-order valence-corrected chi connectivity index (χ2v) is 10.7. The average molecular weight is 553 g/mol. The van der Waals surface area contributed by atoms with Crippen molar-refractivity contribution in [1.82, 2.24) is 10.6 Å². The molecule has 2 N–H and O–H groups in total. The quantitative estimate of drug-likeness (QED) is 0.143. The lowest BCUT2D eigenvalue weighted by Gasteiger charge is -2.18. The highest BCUT2D eigenvalue weighted by molar-refractivity contribution is 5.67. The summed E-state index contributed by atoms with van der Waals surface area (Å²) in [4.78, 5) is 24.1. The zero-order valence-electron chi connectivity index (χ0n) is 24.7. The third-order valence-electron chi connectivity index (χ3n) is 7.12. The molecule has 0 saturated heterocycles. The summed E-state index contributed by atoms with van der Waals surface area (Å²) in [5.41, 5.74) is 2.14. The normalized spacial score (nSPS) is 11.5. The van der Waals surface area contributed by atoms with E-state index in [1.165, 1.54) is 57.8 Å². The number of benzene rings is 2. The van der Waals surface area contributed by atoms with Crippen molar-refractivity contribution in [1.29, 1.82) is 0 Å². The minimum atomic E-state index is -0.342. The molecule has 40 heavy (non-hydrogen) atoms. The lowest BCUT2D eigenvalue weighted by atomic mass is 10.0. The van der Waals surface area contributed by atoms with Crippen LogP contribution in [0.2, 0.25) is 0 Å². The van der Waals surface area contributed by atoms with Gasteiger partial charge in [0.15, 0.2) is 0 Å². The van der Waals surface area contributed by atoms with Crippen molar-refractivity contribution >= 4 is 12.2 Å². The molecule has 0 heterocycles. The Hall–Kier alpha value is -3.02. The van der Waals surface area contributed by atoms with Crippen molar-refractivity contribution < 1.29 is 19.1 Å². The molecule has 0 bridgehead atoms. The Balaban J connectivity index is 1.45. The van der Waals surface area contributed by atoms with Crippen LogP contribution in [0, 0.1) is 0 Å². The van der Waals surface area contributed by atoms with Gasteiger partial charge in [0.1, 0.15) is 6.10 Å². The molecule has 2 aromatic rings. The van der Waals surface area contributed by atoms with E-state index in [2.05, 4.69) is 17.6 Å². The van der Waals surface area contributed by atoms with Crippen molar-refractivity contribution in [2.24, 2.45) is 0 Å². The Bertz CT molecular complexity index is 891. The minimum Gasteiger partial charge on any atom is -0.450 e. The van der Waals surface area contributed by atoms with Gasteiger partial charge < -0.3 is 20.1 Å². The van der Waals surface area contributed by atoms with Gasteiger partial charge >= 0.3 is 12.2 Å². The predicted octanol–water partition coefficient (Wildman–Crippen LogP) is 9.08. The molecule has 1 unspecified atom stereocenters. The molecule has 2 rings (SSSR count). The molecule has 2 aromatic carbocycles. The number of carbonyl (C=O) groups is 2. The van der Waals surface area contributed by atoms with E-state index >= 15 is 0 Å². The van der Waals surface area contributed by atoms with E-state index in [4.69, 9.17) is 9.47 Å². The van der Waals surface area contributed by atoms with Crippen LogP contribution in [-0.4, -0.2) is 24.9 Å². The Kier molecular flexibility index (Phi) is 18.9. The molecular weight excluding hydrogens is 500 g/mol. The van der Waals surface area contributed by atoms with Gasteiger partial charge in [0.05, 0.1) is 6.61 Å². The topological polar surface area (TPSA) is 76.7 Å². The average Bonchev–Trinajstić information content (AvgIpc) is 2.98. The van der Waals surface area contributed by atoms with E-state index in [1.807, 2.05) is 60.7 Å². The molecule has 0 aliphatic heterocycles. The maximum absolute atomic E-state index is 12.4. The number of carbonyl (C=O) groups excluding carboxylic acids is 2. The first-order chi connectivity index (χ1) is 19.7. The fourth-order valence-corrected chi connectivity index (χ4v) is 4.72. The number of unbranched alkanes of at least 4 members (excludes halogenated alkanes) is 11. The molecule has 6 heteroatoms. The summed E-state index contributed by atoms with van der Waals surface area (Å²) in [6.45, 7) is 3.69. The van der Waals surface area contributed by atoms with Crippen LogP contribution in [0.5, 0.6) is 0 Å². The van der Waals surface area contributed by atoms with Crippen LogP contribution in [0.15, 0.2) is 60.7 Å². The van der Waals surface area contributed by atoms with E-state index in [0.717, 1.165) is 49.7 Å². The van der Waals surface area contributed by atoms with Gasteiger partial charge in [0.25, 0.3) is 0 Å².